The molecule has 4 aromatic rings. The molecule has 0 saturated heterocycles. The summed E-state index contributed by atoms with van der Waals surface area (Å²) in [5.41, 5.74) is 4.99. The lowest BCUT2D eigenvalue weighted by molar-refractivity contribution is 1.14. The molecule has 4 heteroatoms. The largest absolute Gasteiger partial charge is 0.354 e. The molecule has 0 amide bonds. The minimum Gasteiger partial charge on any atom is -0.354 e. The van der Waals surface area contributed by atoms with Gasteiger partial charge in [-0.3, -0.25) is 4.79 Å². The van der Waals surface area contributed by atoms with Crippen molar-refractivity contribution >= 4 is 55.6 Å². The van der Waals surface area contributed by atoms with E-state index in [-0.39, 0.29) is 10.7 Å². The molecule has 1 aliphatic rings. The summed E-state index contributed by atoms with van der Waals surface area (Å²) in [6.45, 7) is 0. The summed E-state index contributed by atoms with van der Waals surface area (Å²) >= 11 is 5.18. The lowest BCUT2D eigenvalue weighted by Gasteiger charge is -2.19. The fraction of sp³-hybridized carbons (Fsp3) is 0.0455. The first kappa shape index (κ1) is 15.9. The lowest BCUT2D eigenvalue weighted by Crippen LogP contribution is -2.13. The number of fused-ring (bicyclic) bond motifs is 4. The van der Waals surface area contributed by atoms with Crippen LogP contribution in [0.25, 0.3) is 27.9 Å². The standard InChI is InChI=1S/C22H14BrNOS/c23-15-8-5-14(6-9-15)22-19-13(11-12-26-22)7-10-18-20(21(19)25)16-3-1-2-4-17(16)24-18/h1-12,22,24H. The van der Waals surface area contributed by atoms with Gasteiger partial charge in [-0.15, -0.1) is 11.8 Å². The van der Waals surface area contributed by atoms with Crippen molar-refractivity contribution in [3.05, 3.63) is 97.5 Å². The number of H-pyrrole nitrogens is 1. The molecule has 1 N–H and O–H groups in total. The first-order valence-corrected chi connectivity index (χ1v) is 10.1. The van der Waals surface area contributed by atoms with Crippen molar-refractivity contribution in [3.63, 3.8) is 0 Å². The molecule has 3 aromatic carbocycles. The summed E-state index contributed by atoms with van der Waals surface area (Å²) < 4.78 is 1.04. The van der Waals surface area contributed by atoms with Gasteiger partial charge in [-0.1, -0.05) is 52.3 Å². The van der Waals surface area contributed by atoms with Crippen molar-refractivity contribution in [2.24, 2.45) is 0 Å². The van der Waals surface area contributed by atoms with Crippen LogP contribution in [0.4, 0.5) is 0 Å². The third-order valence-electron chi connectivity index (χ3n) is 4.84. The second kappa shape index (κ2) is 6.15. The van der Waals surface area contributed by atoms with Crippen LogP contribution in [0, 0.1) is 0 Å². The Balaban J connectivity index is 1.86. The molecule has 0 radical (unpaired) electrons. The quantitative estimate of drug-likeness (QED) is 0.395. The second-order valence-corrected chi connectivity index (χ2v) is 8.29. The van der Waals surface area contributed by atoms with E-state index in [0.717, 1.165) is 43.0 Å². The van der Waals surface area contributed by atoms with Crippen LogP contribution < -0.4 is 5.43 Å². The number of para-hydroxylation sites is 1. The first-order valence-electron chi connectivity index (χ1n) is 8.37. The fourth-order valence-electron chi connectivity index (χ4n) is 3.62. The number of hydrogen-bond donors (Lipinski definition) is 1. The number of hydrogen-bond acceptors (Lipinski definition) is 2. The van der Waals surface area contributed by atoms with Crippen molar-refractivity contribution in [1.82, 2.24) is 4.98 Å². The van der Waals surface area contributed by atoms with Crippen LogP contribution >= 0.6 is 27.7 Å². The topological polar surface area (TPSA) is 32.9 Å². The molecule has 5 rings (SSSR count). The number of rotatable bonds is 1. The summed E-state index contributed by atoms with van der Waals surface area (Å²) in [4.78, 5) is 17.0. The minimum absolute atomic E-state index is 0.000128. The van der Waals surface area contributed by atoms with Crippen molar-refractivity contribution in [3.8, 4) is 0 Å². The van der Waals surface area contributed by atoms with Crippen molar-refractivity contribution in [2.45, 2.75) is 5.25 Å². The van der Waals surface area contributed by atoms with E-state index in [2.05, 4.69) is 44.5 Å². The van der Waals surface area contributed by atoms with Gasteiger partial charge in [0.25, 0.3) is 0 Å². The number of aromatic nitrogens is 1. The highest BCUT2D eigenvalue weighted by Crippen LogP contribution is 2.41. The fourth-order valence-corrected chi connectivity index (χ4v) is 4.96. The summed E-state index contributed by atoms with van der Waals surface area (Å²) in [5, 5.41) is 3.85. The molecule has 1 aromatic heterocycles. The average molecular weight is 420 g/mol. The van der Waals surface area contributed by atoms with Crippen LogP contribution in [0.5, 0.6) is 0 Å². The predicted molar refractivity (Wildman–Crippen MR) is 115 cm³/mol. The minimum atomic E-state index is -0.000128. The van der Waals surface area contributed by atoms with E-state index in [1.165, 1.54) is 0 Å². The Kier molecular flexibility index (Phi) is 3.76. The van der Waals surface area contributed by atoms with Gasteiger partial charge in [-0.2, -0.15) is 0 Å². The number of thioether (sulfide) groups is 1. The third kappa shape index (κ3) is 2.44. The second-order valence-electron chi connectivity index (χ2n) is 6.36. The van der Waals surface area contributed by atoms with Crippen LogP contribution in [-0.4, -0.2) is 4.98 Å². The Morgan fingerprint density at radius 3 is 2.58 bits per heavy atom. The maximum atomic E-state index is 13.6. The van der Waals surface area contributed by atoms with Gasteiger partial charge in [0.1, 0.15) is 0 Å². The normalized spacial score (nSPS) is 16.1. The van der Waals surface area contributed by atoms with E-state index in [1.807, 2.05) is 48.5 Å². The molecule has 1 aliphatic heterocycles. The monoisotopic (exact) mass is 419 g/mol. The number of benzene rings is 2. The molecule has 0 spiro atoms. The van der Waals surface area contributed by atoms with Crippen LogP contribution in [0.3, 0.4) is 0 Å². The summed E-state index contributed by atoms with van der Waals surface area (Å²) in [6, 6.07) is 20.3. The van der Waals surface area contributed by atoms with E-state index in [4.69, 9.17) is 0 Å². The van der Waals surface area contributed by atoms with Gasteiger partial charge in [0.05, 0.1) is 16.2 Å². The van der Waals surface area contributed by atoms with Crippen molar-refractivity contribution in [1.29, 1.82) is 0 Å². The number of nitrogens with one attached hydrogen (secondary N) is 1. The molecule has 0 saturated carbocycles. The van der Waals surface area contributed by atoms with Gasteiger partial charge in [0.2, 0.25) is 0 Å². The number of aromatic amines is 1. The average Bonchev–Trinajstić information content (AvgIpc) is 2.98. The zero-order chi connectivity index (χ0) is 17.7. The lowest BCUT2D eigenvalue weighted by atomic mass is 9.99. The molecule has 1 atom stereocenters. The maximum Gasteiger partial charge on any atom is 0.193 e. The van der Waals surface area contributed by atoms with E-state index >= 15 is 0 Å². The Labute approximate surface area is 163 Å². The SMILES string of the molecule is O=c1c2c(ccc3[nH]c4ccccc4c13)C=CSC2c1ccc(Br)cc1. The van der Waals surface area contributed by atoms with Gasteiger partial charge in [0.15, 0.2) is 5.43 Å². The van der Waals surface area contributed by atoms with Crippen LogP contribution in [0.2, 0.25) is 0 Å². The molecule has 2 nitrogen and oxygen atoms in total. The molecular weight excluding hydrogens is 406 g/mol. The third-order valence-corrected chi connectivity index (χ3v) is 6.45. The van der Waals surface area contributed by atoms with Gasteiger partial charge in [0, 0.05) is 20.9 Å². The highest BCUT2D eigenvalue weighted by Gasteiger charge is 2.24. The van der Waals surface area contributed by atoms with Crippen LogP contribution in [0.1, 0.15) is 21.9 Å². The first-order chi connectivity index (χ1) is 12.7. The van der Waals surface area contributed by atoms with Gasteiger partial charge in [-0.25, -0.2) is 0 Å². The zero-order valence-corrected chi connectivity index (χ0v) is 16.1. The predicted octanol–water partition coefficient (Wildman–Crippen LogP) is 6.25. The molecule has 126 valence electrons. The van der Waals surface area contributed by atoms with E-state index < -0.39 is 0 Å². The Bertz CT molecular complexity index is 1240. The molecule has 0 aliphatic carbocycles. The van der Waals surface area contributed by atoms with Gasteiger partial charge in [-0.05, 0) is 46.9 Å². The van der Waals surface area contributed by atoms with Crippen molar-refractivity contribution < 1.29 is 0 Å². The number of halogens is 1. The highest BCUT2D eigenvalue weighted by molar-refractivity contribution is 9.10. The van der Waals surface area contributed by atoms with Crippen LogP contribution in [0.15, 0.2) is 75.3 Å². The summed E-state index contributed by atoms with van der Waals surface area (Å²) in [7, 11) is 0. The molecule has 0 fully saturated rings. The molecule has 26 heavy (non-hydrogen) atoms. The highest BCUT2D eigenvalue weighted by atomic mass is 79.9. The van der Waals surface area contributed by atoms with Crippen molar-refractivity contribution in [2.75, 3.05) is 0 Å². The summed E-state index contributed by atoms with van der Waals surface area (Å²) in [6.07, 6.45) is 2.04. The van der Waals surface area contributed by atoms with Crippen LogP contribution in [-0.2, 0) is 0 Å². The molecule has 1 unspecified atom stereocenters. The van der Waals surface area contributed by atoms with E-state index in [9.17, 15) is 4.79 Å². The van der Waals surface area contributed by atoms with Gasteiger partial charge < -0.3 is 4.98 Å². The zero-order valence-electron chi connectivity index (χ0n) is 13.7. The molecule has 0 bridgehead atoms. The Morgan fingerprint density at radius 2 is 1.73 bits per heavy atom. The maximum absolute atomic E-state index is 13.6. The summed E-state index contributed by atoms with van der Waals surface area (Å²) in [5.74, 6) is 0. The smallest absolute Gasteiger partial charge is 0.193 e. The molecule has 2 heterocycles. The van der Waals surface area contributed by atoms with E-state index in [0.29, 0.717) is 0 Å². The molecular formula is C22H14BrNOS. The van der Waals surface area contributed by atoms with E-state index in [1.54, 1.807) is 11.8 Å². The van der Waals surface area contributed by atoms with Gasteiger partial charge >= 0.3 is 0 Å². The Hall–Kier alpha value is -2.30. The Morgan fingerprint density at radius 1 is 0.923 bits per heavy atom.